The van der Waals surface area contributed by atoms with Crippen LogP contribution in [-0.2, 0) is 11.6 Å². The second-order valence-electron chi connectivity index (χ2n) is 8.31. The lowest BCUT2D eigenvalue weighted by Gasteiger charge is -2.25. The molecule has 2 aromatic heterocycles. The Morgan fingerprint density at radius 2 is 1.58 bits per heavy atom. The van der Waals surface area contributed by atoms with E-state index < -0.39 is 11.7 Å². The molecule has 0 amide bonds. The first-order valence-electron chi connectivity index (χ1n) is 9.78. The lowest BCUT2D eigenvalue weighted by molar-refractivity contribution is -0.137. The number of nitrogens with zero attached hydrogens (tertiary/aromatic N) is 3. The van der Waals surface area contributed by atoms with Crippen molar-refractivity contribution in [2.24, 2.45) is 0 Å². The van der Waals surface area contributed by atoms with E-state index in [1.165, 1.54) is 18.5 Å². The van der Waals surface area contributed by atoms with Gasteiger partial charge in [-0.25, -0.2) is 9.97 Å². The topological polar surface area (TPSA) is 50.7 Å². The second kappa shape index (κ2) is 7.65. The van der Waals surface area contributed by atoms with Crippen LogP contribution in [0, 0.1) is 0 Å². The third-order valence-electron chi connectivity index (χ3n) is 4.95. The Labute approximate surface area is 178 Å². The Morgan fingerprint density at radius 1 is 0.839 bits per heavy atom. The van der Waals surface area contributed by atoms with Gasteiger partial charge in [0.15, 0.2) is 0 Å². The third kappa shape index (κ3) is 4.35. The molecule has 2 heterocycles. The molecule has 0 atom stereocenters. The van der Waals surface area contributed by atoms with Gasteiger partial charge in [-0.1, -0.05) is 39.0 Å². The zero-order chi connectivity index (χ0) is 22.2. The number of anilines is 2. The van der Waals surface area contributed by atoms with Crippen molar-refractivity contribution in [2.75, 3.05) is 5.32 Å². The zero-order valence-corrected chi connectivity index (χ0v) is 17.3. The molecule has 7 heteroatoms. The summed E-state index contributed by atoms with van der Waals surface area (Å²) >= 11 is 0. The van der Waals surface area contributed by atoms with Crippen LogP contribution in [0.4, 0.5) is 24.7 Å². The summed E-state index contributed by atoms with van der Waals surface area (Å²) in [5, 5.41) is 4.20. The molecule has 2 aromatic carbocycles. The van der Waals surface area contributed by atoms with E-state index in [0.29, 0.717) is 11.5 Å². The molecule has 0 aliphatic heterocycles. The quantitative estimate of drug-likeness (QED) is 0.397. The molecule has 4 nitrogen and oxygen atoms in total. The highest BCUT2D eigenvalue weighted by Gasteiger charge is 2.30. The van der Waals surface area contributed by atoms with Gasteiger partial charge in [-0.2, -0.15) is 13.2 Å². The molecule has 0 saturated heterocycles. The number of rotatable bonds is 3. The molecule has 31 heavy (non-hydrogen) atoms. The molecule has 0 unspecified atom stereocenters. The maximum Gasteiger partial charge on any atom is 0.416 e. The van der Waals surface area contributed by atoms with Crippen LogP contribution < -0.4 is 5.32 Å². The van der Waals surface area contributed by atoms with Gasteiger partial charge in [0.05, 0.1) is 16.8 Å². The molecular weight excluding hydrogens is 401 g/mol. The smallest absolute Gasteiger partial charge is 0.340 e. The fraction of sp³-hybridized carbons (Fsp3) is 0.208. The van der Waals surface area contributed by atoms with E-state index in [9.17, 15) is 13.2 Å². The predicted molar refractivity (Wildman–Crippen MR) is 116 cm³/mol. The van der Waals surface area contributed by atoms with Gasteiger partial charge < -0.3 is 5.32 Å². The summed E-state index contributed by atoms with van der Waals surface area (Å²) in [7, 11) is 0. The van der Waals surface area contributed by atoms with Crippen LogP contribution in [0.15, 0.2) is 67.1 Å². The predicted octanol–water partition coefficient (Wildman–Crippen LogP) is 6.75. The monoisotopic (exact) mass is 422 g/mol. The Morgan fingerprint density at radius 3 is 2.26 bits per heavy atom. The lowest BCUT2D eigenvalue weighted by atomic mass is 9.84. The zero-order valence-electron chi connectivity index (χ0n) is 17.3. The van der Waals surface area contributed by atoms with Crippen LogP contribution in [0.2, 0.25) is 0 Å². The maximum atomic E-state index is 12.9. The Hall–Kier alpha value is -3.48. The molecule has 0 aliphatic carbocycles. The molecule has 4 rings (SSSR count). The summed E-state index contributed by atoms with van der Waals surface area (Å²) in [5.41, 5.74) is 2.87. The molecule has 1 N–H and O–H groups in total. The summed E-state index contributed by atoms with van der Waals surface area (Å²) < 4.78 is 38.6. The number of halogens is 3. The number of hydrogen-bond acceptors (Lipinski definition) is 4. The summed E-state index contributed by atoms with van der Waals surface area (Å²) in [4.78, 5) is 13.4. The fourth-order valence-corrected chi connectivity index (χ4v) is 3.50. The molecule has 0 bridgehead atoms. The number of nitrogens with one attached hydrogen (secondary N) is 1. The molecule has 0 spiro atoms. The first kappa shape index (κ1) is 20.8. The largest absolute Gasteiger partial charge is 0.416 e. The average molecular weight is 422 g/mol. The maximum absolute atomic E-state index is 12.9. The summed E-state index contributed by atoms with van der Waals surface area (Å²) in [6.07, 6.45) is -1.17. The molecule has 4 aromatic rings. The minimum Gasteiger partial charge on any atom is -0.340 e. The number of hydrogen-bond donors (Lipinski definition) is 1. The summed E-state index contributed by atoms with van der Waals surface area (Å²) in [6.45, 7) is 6.14. The minimum absolute atomic E-state index is 0.329. The van der Waals surface area contributed by atoms with Crippen molar-refractivity contribution >= 4 is 22.4 Å². The van der Waals surface area contributed by atoms with Crippen LogP contribution in [-0.4, -0.2) is 15.0 Å². The van der Waals surface area contributed by atoms with Gasteiger partial charge in [-0.15, -0.1) is 0 Å². The van der Waals surface area contributed by atoms with Crippen LogP contribution in [0.3, 0.4) is 0 Å². The molecule has 0 radical (unpaired) electrons. The van der Waals surface area contributed by atoms with Gasteiger partial charge in [0.25, 0.3) is 0 Å². The van der Waals surface area contributed by atoms with E-state index in [4.69, 9.17) is 0 Å². The van der Waals surface area contributed by atoms with E-state index in [1.54, 1.807) is 6.20 Å². The van der Waals surface area contributed by atoms with E-state index in [2.05, 4.69) is 20.3 Å². The van der Waals surface area contributed by atoms with Crippen molar-refractivity contribution in [3.8, 4) is 11.3 Å². The van der Waals surface area contributed by atoms with Gasteiger partial charge in [-0.3, -0.25) is 4.98 Å². The Kier molecular flexibility index (Phi) is 5.13. The standard InChI is InChI=1S/C24H21F3N4/c1-23(2,3)20-21(16-7-6-15-5-4-12-28-19(15)13-16)29-14-30-22(20)31-18-10-8-17(9-11-18)24(25,26)27/h4-14H,1-3H3,(H,29,30,31). The highest BCUT2D eigenvalue weighted by molar-refractivity contribution is 5.85. The van der Waals surface area contributed by atoms with Gasteiger partial charge in [-0.05, 0) is 41.8 Å². The first-order valence-corrected chi connectivity index (χ1v) is 9.78. The van der Waals surface area contributed by atoms with Crippen molar-refractivity contribution in [3.63, 3.8) is 0 Å². The summed E-state index contributed by atoms with van der Waals surface area (Å²) in [5.74, 6) is 0.554. The molecule has 158 valence electrons. The van der Waals surface area contributed by atoms with Crippen LogP contribution in [0.5, 0.6) is 0 Å². The number of benzene rings is 2. The molecular formula is C24H21F3N4. The SMILES string of the molecule is CC(C)(C)c1c(Nc2ccc(C(F)(F)F)cc2)ncnc1-c1ccc2cccnc2c1. The number of aromatic nitrogens is 3. The van der Waals surface area contributed by atoms with Crippen molar-refractivity contribution in [2.45, 2.75) is 32.4 Å². The molecule has 0 saturated carbocycles. The van der Waals surface area contributed by atoms with Crippen LogP contribution >= 0.6 is 0 Å². The normalized spacial score (nSPS) is 12.2. The number of pyridine rings is 1. The molecule has 0 aliphatic rings. The van der Waals surface area contributed by atoms with E-state index >= 15 is 0 Å². The van der Waals surface area contributed by atoms with Crippen molar-refractivity contribution < 1.29 is 13.2 Å². The Bertz CT molecular complexity index is 1230. The average Bonchev–Trinajstić information content (AvgIpc) is 2.72. The number of alkyl halides is 3. The van der Waals surface area contributed by atoms with Crippen molar-refractivity contribution in [1.29, 1.82) is 0 Å². The Balaban J connectivity index is 1.78. The highest BCUT2D eigenvalue weighted by atomic mass is 19.4. The van der Waals surface area contributed by atoms with Gasteiger partial charge in [0.1, 0.15) is 12.1 Å². The number of fused-ring (bicyclic) bond motifs is 1. The fourth-order valence-electron chi connectivity index (χ4n) is 3.50. The highest BCUT2D eigenvalue weighted by Crippen LogP contribution is 2.38. The summed E-state index contributed by atoms with van der Waals surface area (Å²) in [6, 6.07) is 14.8. The van der Waals surface area contributed by atoms with Gasteiger partial charge >= 0.3 is 6.18 Å². The van der Waals surface area contributed by atoms with Gasteiger partial charge in [0.2, 0.25) is 0 Å². The lowest BCUT2D eigenvalue weighted by Crippen LogP contribution is -2.17. The van der Waals surface area contributed by atoms with E-state index in [-0.39, 0.29) is 5.41 Å². The van der Waals surface area contributed by atoms with Crippen molar-refractivity contribution in [3.05, 3.63) is 78.2 Å². The van der Waals surface area contributed by atoms with Crippen molar-refractivity contribution in [1.82, 2.24) is 15.0 Å². The van der Waals surface area contributed by atoms with Crippen LogP contribution in [0.1, 0.15) is 31.9 Å². The van der Waals surface area contributed by atoms with E-state index in [0.717, 1.165) is 39.9 Å². The third-order valence-corrected chi connectivity index (χ3v) is 4.95. The second-order valence-corrected chi connectivity index (χ2v) is 8.31. The minimum atomic E-state index is -4.37. The first-order chi connectivity index (χ1) is 14.6. The van der Waals surface area contributed by atoms with Crippen LogP contribution in [0.25, 0.3) is 22.2 Å². The van der Waals surface area contributed by atoms with E-state index in [1.807, 2.05) is 51.1 Å². The molecule has 0 fully saturated rings. The van der Waals surface area contributed by atoms with Gasteiger partial charge in [0, 0.05) is 28.4 Å².